The van der Waals surface area contributed by atoms with Crippen molar-refractivity contribution in [2.45, 2.75) is 57.5 Å². The number of hydrogen-bond donors (Lipinski definition) is 0. The van der Waals surface area contributed by atoms with E-state index in [-0.39, 0.29) is 29.8 Å². The Morgan fingerprint density at radius 3 is 1.35 bits per heavy atom. The average molecular weight is 772 g/mol. The van der Waals surface area contributed by atoms with E-state index in [1.165, 1.54) is 0 Å². The molecule has 10 heteroatoms. The highest BCUT2D eigenvalue weighted by Gasteiger charge is 2.28. The number of benzene rings is 2. The fourth-order valence-corrected chi connectivity index (χ4v) is 6.48. The maximum absolute atomic E-state index is 6.08. The summed E-state index contributed by atoms with van der Waals surface area (Å²) in [5, 5.41) is 0. The summed E-state index contributed by atoms with van der Waals surface area (Å²) in [6.45, 7) is 12.1. The van der Waals surface area contributed by atoms with E-state index < -0.39 is 0 Å². The van der Waals surface area contributed by atoms with Gasteiger partial charge in [0.05, 0.1) is 56.5 Å². The molecule has 0 aromatic heterocycles. The zero-order valence-electron chi connectivity index (χ0n) is 21.3. The molecule has 0 bridgehead atoms. The molecule has 4 rings (SSSR count). The maximum Gasteiger partial charge on any atom is 0.147 e. The van der Waals surface area contributed by atoms with Crippen molar-refractivity contribution >= 4 is 63.7 Å². The van der Waals surface area contributed by atoms with Crippen molar-refractivity contribution in [1.29, 1.82) is 0 Å². The van der Waals surface area contributed by atoms with E-state index in [2.05, 4.69) is 102 Å². The fourth-order valence-electron chi connectivity index (χ4n) is 3.65. The molecule has 0 N–H and O–H groups in total. The molecule has 2 aliphatic heterocycles. The van der Waals surface area contributed by atoms with Gasteiger partial charge in [-0.05, 0) is 113 Å². The van der Waals surface area contributed by atoms with Crippen LogP contribution in [0.25, 0.3) is 0 Å². The second kappa shape index (κ2) is 13.0. The van der Waals surface area contributed by atoms with Crippen LogP contribution < -0.4 is 9.47 Å². The average Bonchev–Trinajstić information content (AvgIpc) is 3.75. The van der Waals surface area contributed by atoms with E-state index in [0.29, 0.717) is 26.4 Å². The van der Waals surface area contributed by atoms with Crippen LogP contribution in [-0.4, -0.2) is 64.1 Å². The standard InChI is InChI=1S/C27H32Br4O6/c1-15(32-11-19-13-34-19)9-36-25-21(28)5-17(6-22(25)29)27(3,4)18-7-23(30)26(24(31)8-18)37-10-16(2)33-12-20-14-35-20/h5-8,15-16,19-20H,9-14H2,1-4H3. The van der Waals surface area contributed by atoms with E-state index in [1.54, 1.807) is 0 Å². The van der Waals surface area contributed by atoms with E-state index in [9.17, 15) is 0 Å². The minimum atomic E-state index is -0.297. The largest absolute Gasteiger partial charge is 0.489 e. The molecule has 2 heterocycles. The Labute approximate surface area is 252 Å². The molecule has 2 saturated heterocycles. The number of rotatable bonds is 14. The molecule has 37 heavy (non-hydrogen) atoms. The number of epoxide rings is 2. The smallest absolute Gasteiger partial charge is 0.147 e. The molecule has 0 spiro atoms. The predicted molar refractivity (Wildman–Crippen MR) is 157 cm³/mol. The van der Waals surface area contributed by atoms with E-state index in [4.69, 9.17) is 28.4 Å². The molecule has 4 unspecified atom stereocenters. The lowest BCUT2D eigenvalue weighted by molar-refractivity contribution is 0.0237. The summed E-state index contributed by atoms with van der Waals surface area (Å²) in [4.78, 5) is 0. The second-order valence-corrected chi connectivity index (χ2v) is 13.4. The topological polar surface area (TPSA) is 62.0 Å². The van der Waals surface area contributed by atoms with Crippen molar-refractivity contribution in [3.8, 4) is 11.5 Å². The Hall–Kier alpha value is -0.200. The molecular formula is C27H32Br4O6. The minimum absolute atomic E-state index is 0.0312. The highest BCUT2D eigenvalue weighted by Crippen LogP contribution is 2.44. The zero-order valence-corrected chi connectivity index (χ0v) is 27.7. The number of ether oxygens (including phenoxy) is 6. The monoisotopic (exact) mass is 768 g/mol. The normalized spacial score (nSPS) is 20.4. The summed E-state index contributed by atoms with van der Waals surface area (Å²) in [6.07, 6.45) is 0.425. The lowest BCUT2D eigenvalue weighted by Crippen LogP contribution is -2.22. The molecule has 2 aliphatic rings. The van der Waals surface area contributed by atoms with Crippen LogP contribution in [0.3, 0.4) is 0 Å². The Kier molecular flexibility index (Phi) is 10.4. The van der Waals surface area contributed by atoms with Gasteiger partial charge in [-0.25, -0.2) is 0 Å². The fraction of sp³-hybridized carbons (Fsp3) is 0.556. The van der Waals surface area contributed by atoms with Crippen LogP contribution in [0.4, 0.5) is 0 Å². The summed E-state index contributed by atoms with van der Waals surface area (Å²) in [6, 6.07) is 8.44. The van der Waals surface area contributed by atoms with E-state index >= 15 is 0 Å². The van der Waals surface area contributed by atoms with Crippen LogP contribution in [0.2, 0.25) is 0 Å². The van der Waals surface area contributed by atoms with Gasteiger partial charge in [0.25, 0.3) is 0 Å². The Morgan fingerprint density at radius 1 is 0.730 bits per heavy atom. The lowest BCUT2D eigenvalue weighted by Gasteiger charge is -2.28. The van der Waals surface area contributed by atoms with Crippen LogP contribution in [0, 0.1) is 0 Å². The van der Waals surface area contributed by atoms with Crippen molar-refractivity contribution in [3.05, 3.63) is 53.3 Å². The van der Waals surface area contributed by atoms with Gasteiger partial charge in [-0.2, -0.15) is 0 Å². The first kappa shape index (κ1) is 29.8. The van der Waals surface area contributed by atoms with Gasteiger partial charge in [-0.15, -0.1) is 0 Å². The molecule has 0 amide bonds. The second-order valence-electron chi connectivity index (χ2n) is 9.98. The van der Waals surface area contributed by atoms with Gasteiger partial charge in [0.2, 0.25) is 0 Å². The van der Waals surface area contributed by atoms with Gasteiger partial charge in [0.1, 0.15) is 36.9 Å². The third-order valence-electron chi connectivity index (χ3n) is 6.30. The summed E-state index contributed by atoms with van der Waals surface area (Å²) < 4.78 is 37.6. The summed E-state index contributed by atoms with van der Waals surface area (Å²) in [7, 11) is 0. The first-order valence-electron chi connectivity index (χ1n) is 12.3. The molecule has 0 saturated carbocycles. The molecule has 6 nitrogen and oxygen atoms in total. The summed E-state index contributed by atoms with van der Waals surface area (Å²) >= 11 is 14.8. The predicted octanol–water partition coefficient (Wildman–Crippen LogP) is 7.43. The van der Waals surface area contributed by atoms with Crippen molar-refractivity contribution < 1.29 is 28.4 Å². The van der Waals surface area contributed by atoms with Crippen LogP contribution in [-0.2, 0) is 24.4 Å². The number of halogens is 4. The quantitative estimate of drug-likeness (QED) is 0.187. The highest BCUT2D eigenvalue weighted by atomic mass is 79.9. The molecule has 2 aromatic rings. The lowest BCUT2D eigenvalue weighted by atomic mass is 9.78. The van der Waals surface area contributed by atoms with E-state index in [0.717, 1.165) is 53.7 Å². The molecule has 204 valence electrons. The SMILES string of the molecule is CC(COc1c(Br)cc(C(C)(C)c2cc(Br)c(OCC(C)OCC3CO3)c(Br)c2)cc1Br)OCC1CO1. The molecular weight excluding hydrogens is 740 g/mol. The molecule has 4 atom stereocenters. The summed E-state index contributed by atoms with van der Waals surface area (Å²) in [5.74, 6) is 1.52. The zero-order chi connectivity index (χ0) is 26.7. The van der Waals surface area contributed by atoms with Crippen LogP contribution in [0.5, 0.6) is 11.5 Å². The van der Waals surface area contributed by atoms with Gasteiger partial charge in [-0.3, -0.25) is 0 Å². The van der Waals surface area contributed by atoms with Crippen molar-refractivity contribution in [1.82, 2.24) is 0 Å². The van der Waals surface area contributed by atoms with Crippen molar-refractivity contribution in [3.63, 3.8) is 0 Å². The Balaban J connectivity index is 1.42. The molecule has 0 radical (unpaired) electrons. The minimum Gasteiger partial charge on any atom is -0.489 e. The first-order valence-corrected chi connectivity index (χ1v) is 15.4. The molecule has 0 aliphatic carbocycles. The number of hydrogen-bond acceptors (Lipinski definition) is 6. The molecule has 2 aromatic carbocycles. The van der Waals surface area contributed by atoms with E-state index in [1.807, 2.05) is 13.8 Å². The Bertz CT molecular complexity index is 957. The van der Waals surface area contributed by atoms with Crippen LogP contribution in [0.1, 0.15) is 38.8 Å². The van der Waals surface area contributed by atoms with Crippen molar-refractivity contribution in [2.75, 3.05) is 39.6 Å². The highest BCUT2D eigenvalue weighted by molar-refractivity contribution is 9.11. The molecule has 2 fully saturated rings. The van der Waals surface area contributed by atoms with Gasteiger partial charge in [0.15, 0.2) is 0 Å². The maximum atomic E-state index is 6.08. The van der Waals surface area contributed by atoms with Gasteiger partial charge < -0.3 is 28.4 Å². The van der Waals surface area contributed by atoms with Crippen molar-refractivity contribution in [2.24, 2.45) is 0 Å². The van der Waals surface area contributed by atoms with Gasteiger partial charge >= 0.3 is 0 Å². The first-order chi connectivity index (χ1) is 17.5. The Morgan fingerprint density at radius 2 is 1.05 bits per heavy atom. The third kappa shape index (κ3) is 8.39. The third-order valence-corrected chi connectivity index (χ3v) is 8.66. The van der Waals surface area contributed by atoms with Crippen LogP contribution in [0.15, 0.2) is 42.2 Å². The van der Waals surface area contributed by atoms with Gasteiger partial charge in [0, 0.05) is 5.41 Å². The van der Waals surface area contributed by atoms with Gasteiger partial charge in [-0.1, -0.05) is 13.8 Å². The summed E-state index contributed by atoms with van der Waals surface area (Å²) in [5.41, 5.74) is 1.96. The van der Waals surface area contributed by atoms with Crippen LogP contribution >= 0.6 is 63.7 Å².